The molecule has 0 atom stereocenters. The van der Waals surface area contributed by atoms with Gasteiger partial charge in [0.1, 0.15) is 18.0 Å². The number of hydrogen-bond acceptors (Lipinski definition) is 16. The van der Waals surface area contributed by atoms with Crippen molar-refractivity contribution in [2.24, 2.45) is 16.2 Å². The Hall–Kier alpha value is -3.29. The van der Waals surface area contributed by atoms with Crippen LogP contribution in [0.3, 0.4) is 0 Å². The Labute approximate surface area is 403 Å². The predicted octanol–water partition coefficient (Wildman–Crippen LogP) is 4.16. The summed E-state index contributed by atoms with van der Waals surface area (Å²) in [6, 6.07) is 27.4. The maximum atomic E-state index is 11.5. The van der Waals surface area contributed by atoms with Gasteiger partial charge in [-0.3, -0.25) is 35.7 Å². The molecule has 22 heteroatoms. The van der Waals surface area contributed by atoms with E-state index < -0.39 is 0 Å². The molecule has 3 radical (unpaired) electrons. The zero-order chi connectivity index (χ0) is 40.1. The zero-order valence-electron chi connectivity index (χ0n) is 33.1. The minimum absolute atomic E-state index is 0. The number of rotatable bonds is 8. The van der Waals surface area contributed by atoms with Gasteiger partial charge in [-0.2, -0.15) is 15.6 Å². The Morgan fingerprint density at radius 2 is 0.893 bits per heavy atom. The van der Waals surface area contributed by atoms with E-state index >= 15 is 0 Å². The number of nitrogens with zero attached hydrogens (tertiary/aromatic N) is 14. The number of carbonyl (C=O) groups is 1. The topological polar surface area (TPSA) is 276 Å². The molecule has 3 aromatic heterocycles. The Balaban J connectivity index is -0.000000204. The van der Waals surface area contributed by atoms with E-state index in [9.17, 15) is 4.79 Å². The largest absolute Gasteiger partial charge is 0.410 e. The van der Waals surface area contributed by atoms with Crippen LogP contribution in [-0.2, 0) is 103 Å². The number of aromatic nitrogens is 12. The van der Waals surface area contributed by atoms with Crippen LogP contribution in [0.5, 0.6) is 0 Å². The monoisotopic (exact) mass is 997 g/mol. The van der Waals surface area contributed by atoms with Crippen LogP contribution in [-0.4, -0.2) is 80.8 Å². The fourth-order valence-electron chi connectivity index (χ4n) is 3.21. The Morgan fingerprint density at radius 3 is 1.21 bits per heavy atom. The average Bonchev–Trinajstić information content (AvgIpc) is 4.10. The van der Waals surface area contributed by atoms with Crippen LogP contribution < -0.4 is 21.2 Å². The van der Waals surface area contributed by atoms with E-state index in [4.69, 9.17) is 15.3 Å². The molecule has 4 N–H and O–H groups in total. The molecule has 295 valence electrons. The molecule has 0 fully saturated rings. The first kappa shape index (κ1) is 61.9. The van der Waals surface area contributed by atoms with Crippen molar-refractivity contribution in [3.8, 4) is 0 Å². The van der Waals surface area contributed by atoms with Gasteiger partial charge in [-0.1, -0.05) is 157 Å². The van der Waals surface area contributed by atoms with Crippen LogP contribution in [0.25, 0.3) is 0 Å². The summed E-state index contributed by atoms with van der Waals surface area (Å²) in [5.74, 6) is 3.84. The maximum Gasteiger partial charge on any atom is 0.200 e. The van der Waals surface area contributed by atoms with Crippen LogP contribution in [0.4, 0.5) is 0 Å². The number of oxime groups is 2. The second kappa shape index (κ2) is 44.4. The third-order valence-electron chi connectivity index (χ3n) is 5.10. The average molecular weight is 998 g/mol. The molecular formula is C34H48N15O4Y3-3. The van der Waals surface area contributed by atoms with E-state index in [0.717, 1.165) is 5.56 Å². The van der Waals surface area contributed by atoms with Gasteiger partial charge < -0.3 is 30.5 Å². The van der Waals surface area contributed by atoms with Gasteiger partial charge in [0.15, 0.2) is 5.78 Å². The summed E-state index contributed by atoms with van der Waals surface area (Å²) in [5.41, 5.74) is 2.91. The van der Waals surface area contributed by atoms with E-state index in [-0.39, 0.29) is 121 Å². The van der Waals surface area contributed by atoms with Crippen LogP contribution in [0.1, 0.15) is 101 Å². The fourth-order valence-corrected chi connectivity index (χ4v) is 3.21. The standard InChI is InChI=1S/C10H10N5O.C8H6N5O.C8H6N4O.4C2H6.H3NO.3Y/c1-2-16-13-9(10-11-14-15-12-10)8-6-4-3-5-7-8;14-11-7(8-9-12-13-10-8)6-4-2-1-3-5-6;13-7(8-9-11-12-10-8)6-4-2-1-3-5-6;5*1-2;;;/h3-7H,2H2,1H3;1-5H,(H-,9,10,12,13,14);1-5H,(H,9,10,11,12,13);4*1-2H3;2H,1H2;;;/q2*-1;;;;;;;;;/p-1. The van der Waals surface area contributed by atoms with Crippen LogP contribution in [0.15, 0.2) is 101 Å². The van der Waals surface area contributed by atoms with Crippen molar-refractivity contribution >= 4 is 17.2 Å². The molecule has 0 bridgehead atoms. The van der Waals surface area contributed by atoms with Gasteiger partial charge in [0, 0.05) is 115 Å². The molecule has 19 nitrogen and oxygen atoms in total. The molecule has 56 heavy (non-hydrogen) atoms. The maximum absolute atomic E-state index is 11.5. The molecule has 0 aliphatic heterocycles. The number of ketones is 1. The summed E-state index contributed by atoms with van der Waals surface area (Å²) in [5, 5.41) is 64.0. The van der Waals surface area contributed by atoms with Crippen molar-refractivity contribution in [2.75, 3.05) is 6.61 Å². The third-order valence-corrected chi connectivity index (χ3v) is 5.10. The Morgan fingerprint density at radius 1 is 0.571 bits per heavy atom. The third kappa shape index (κ3) is 24.4. The van der Waals surface area contributed by atoms with Gasteiger partial charge in [-0.25, -0.2) is 5.90 Å². The number of hydrogen-bond donors (Lipinski definition) is 3. The van der Waals surface area contributed by atoms with Gasteiger partial charge in [-0.15, -0.1) is 0 Å². The first-order chi connectivity index (χ1) is 26.2. The normalized spacial score (nSPS) is 8.98. The summed E-state index contributed by atoms with van der Waals surface area (Å²) < 4.78 is 0. The van der Waals surface area contributed by atoms with E-state index in [1.165, 1.54) is 0 Å². The zero-order valence-corrected chi connectivity index (χ0v) is 41.7. The van der Waals surface area contributed by atoms with E-state index in [2.05, 4.69) is 78.1 Å². The van der Waals surface area contributed by atoms with Crippen LogP contribution in [0, 0.1) is 0 Å². The van der Waals surface area contributed by atoms with E-state index in [0.29, 0.717) is 29.3 Å². The van der Waals surface area contributed by atoms with Crippen molar-refractivity contribution in [3.63, 3.8) is 0 Å². The quantitative estimate of drug-likeness (QED) is 0.0835. The van der Waals surface area contributed by atoms with E-state index in [1.54, 1.807) is 36.4 Å². The summed E-state index contributed by atoms with van der Waals surface area (Å²) in [7, 11) is 0. The van der Waals surface area contributed by atoms with Gasteiger partial charge in [0.05, 0.1) is 17.5 Å². The molecule has 3 aromatic carbocycles. The summed E-state index contributed by atoms with van der Waals surface area (Å²) in [6.07, 6.45) is 0. The van der Waals surface area contributed by atoms with Crippen molar-refractivity contribution in [2.45, 2.75) is 62.3 Å². The molecule has 0 aliphatic rings. The summed E-state index contributed by atoms with van der Waals surface area (Å²) in [6.45, 7) is 18.3. The fraction of sp³-hybridized carbons (Fsp3) is 0.294. The molecule has 0 spiro atoms. The smallest absolute Gasteiger partial charge is 0.200 e. The van der Waals surface area contributed by atoms with Crippen LogP contribution >= 0.6 is 0 Å². The van der Waals surface area contributed by atoms with Crippen molar-refractivity contribution in [3.05, 3.63) is 125 Å². The molecule has 6 rings (SSSR count). The van der Waals surface area contributed by atoms with Crippen molar-refractivity contribution in [1.29, 1.82) is 0 Å². The van der Waals surface area contributed by atoms with Gasteiger partial charge >= 0.3 is 0 Å². The predicted molar refractivity (Wildman–Crippen MR) is 198 cm³/mol. The number of benzene rings is 3. The molecule has 0 saturated carbocycles. The van der Waals surface area contributed by atoms with E-state index in [1.807, 2.05) is 117 Å². The first-order valence-electron chi connectivity index (χ1n) is 16.7. The molecule has 0 saturated heterocycles. The summed E-state index contributed by atoms with van der Waals surface area (Å²) >= 11 is 0. The van der Waals surface area contributed by atoms with Gasteiger partial charge in [0.2, 0.25) is 0 Å². The molecule has 6 aromatic rings. The molecule has 3 heterocycles. The number of tetrazole rings is 3. The minimum atomic E-state index is -0.259. The summed E-state index contributed by atoms with van der Waals surface area (Å²) in [4.78, 5) is 16.5. The second-order valence-electron chi connectivity index (χ2n) is 7.84. The van der Waals surface area contributed by atoms with Crippen molar-refractivity contribution in [1.82, 2.24) is 61.9 Å². The molecule has 0 unspecified atom stereocenters. The first-order valence-corrected chi connectivity index (χ1v) is 16.7. The molecular weight excluding hydrogens is 949 g/mol. The Bertz CT molecular complexity index is 1700. The van der Waals surface area contributed by atoms with Crippen molar-refractivity contribution < 1.29 is 118 Å². The minimum Gasteiger partial charge on any atom is -0.410 e. The number of nitrogens with two attached hydrogens (primary N) is 1. The molecule has 0 aliphatic carbocycles. The Kier molecular flexibility index (Phi) is 49.1. The molecule has 0 amide bonds. The van der Waals surface area contributed by atoms with Gasteiger partial charge in [-0.05, 0) is 6.92 Å². The number of carbonyl (C=O) groups excluding carboxylic acids is 1. The van der Waals surface area contributed by atoms with Gasteiger partial charge in [0.25, 0.3) is 0 Å². The van der Waals surface area contributed by atoms with Crippen LogP contribution in [0.2, 0.25) is 0 Å². The SMILES string of the molecule is CC.CC.CC.CC.CCON=C(c1ccccc1)c1nnn[n-]1.NO.O=C(c1ccccc1)c1nnn[n-]1.ON=C(c1ccccc1)c1nnn[n-]1.[Y].[Y].[Y]. The second-order valence-corrected chi connectivity index (χ2v) is 7.84.